The first kappa shape index (κ1) is 21.0. The first-order valence-corrected chi connectivity index (χ1v) is 9.54. The molecule has 0 fully saturated rings. The smallest absolute Gasteiger partial charge is 0.243 e. The molecule has 0 aliphatic rings. The number of halogens is 1. The molecule has 152 valence electrons. The normalized spacial score (nSPS) is 10.0. The molecule has 3 aromatic carbocycles. The van der Waals surface area contributed by atoms with Crippen LogP contribution in [0.1, 0.15) is 11.1 Å². The minimum Gasteiger partial charge on any atom is -0.495 e. The maximum absolute atomic E-state index is 12.3. The maximum Gasteiger partial charge on any atom is 0.243 e. The Kier molecular flexibility index (Phi) is 7.14. The van der Waals surface area contributed by atoms with Crippen molar-refractivity contribution in [2.45, 2.75) is 6.61 Å². The van der Waals surface area contributed by atoms with E-state index in [1.165, 1.54) is 7.11 Å². The van der Waals surface area contributed by atoms with Crippen LogP contribution in [0.3, 0.4) is 0 Å². The highest BCUT2D eigenvalue weighted by molar-refractivity contribution is 6.31. The highest BCUT2D eigenvalue weighted by atomic mass is 35.5. The fourth-order valence-electron chi connectivity index (χ4n) is 2.75. The Morgan fingerprint density at radius 1 is 1.10 bits per heavy atom. The fourth-order valence-corrected chi connectivity index (χ4v) is 2.92. The van der Waals surface area contributed by atoms with Gasteiger partial charge in [0.05, 0.1) is 31.0 Å². The number of ether oxygens (including phenoxy) is 2. The van der Waals surface area contributed by atoms with E-state index in [9.17, 15) is 4.79 Å². The van der Waals surface area contributed by atoms with Crippen molar-refractivity contribution in [3.8, 4) is 17.6 Å². The van der Waals surface area contributed by atoms with Gasteiger partial charge in [-0.3, -0.25) is 4.79 Å². The summed E-state index contributed by atoms with van der Waals surface area (Å²) in [4.78, 5) is 12.3. The summed E-state index contributed by atoms with van der Waals surface area (Å²) in [5, 5.41) is 15.3. The molecule has 0 heterocycles. The number of carbonyl (C=O) groups is 1. The molecule has 0 spiro atoms. The predicted octanol–water partition coefficient (Wildman–Crippen LogP) is 4.85. The van der Waals surface area contributed by atoms with Crippen LogP contribution >= 0.6 is 11.6 Å². The van der Waals surface area contributed by atoms with Crippen LogP contribution in [-0.4, -0.2) is 19.6 Å². The molecule has 0 aliphatic carbocycles. The maximum atomic E-state index is 12.3. The Labute approximate surface area is 180 Å². The first-order chi connectivity index (χ1) is 14.6. The summed E-state index contributed by atoms with van der Waals surface area (Å²) in [5.74, 6) is 0.943. The van der Waals surface area contributed by atoms with Gasteiger partial charge >= 0.3 is 0 Å². The van der Waals surface area contributed by atoms with Gasteiger partial charge in [-0.25, -0.2) is 0 Å². The molecule has 0 saturated heterocycles. The molecular formula is C23H20ClN3O3. The second kappa shape index (κ2) is 10.2. The molecule has 2 N–H and O–H groups in total. The number of nitriles is 1. The molecule has 0 aliphatic heterocycles. The highest BCUT2D eigenvalue weighted by Crippen LogP contribution is 2.27. The Hall–Kier alpha value is -3.69. The Bertz CT molecular complexity index is 1080. The standard InChI is InChI=1S/C23H20ClN3O3/c1-29-22-9-8-18(24)11-21(22)27-23(28)14-26-19-6-3-7-20(12-19)30-15-17-5-2-4-16(10-17)13-25/h2-12,26H,14-15H2,1H3,(H,27,28). The topological polar surface area (TPSA) is 83.4 Å². The predicted molar refractivity (Wildman–Crippen MR) is 117 cm³/mol. The van der Waals surface area contributed by atoms with Crippen LogP contribution in [0, 0.1) is 11.3 Å². The quantitative estimate of drug-likeness (QED) is 0.543. The van der Waals surface area contributed by atoms with Gasteiger partial charge in [0.1, 0.15) is 18.1 Å². The summed E-state index contributed by atoms with van der Waals surface area (Å²) in [6.07, 6.45) is 0. The van der Waals surface area contributed by atoms with Crippen molar-refractivity contribution in [3.05, 3.63) is 82.9 Å². The van der Waals surface area contributed by atoms with Crippen molar-refractivity contribution in [1.29, 1.82) is 5.26 Å². The van der Waals surface area contributed by atoms with E-state index in [4.69, 9.17) is 26.3 Å². The zero-order chi connectivity index (χ0) is 21.3. The summed E-state index contributed by atoms with van der Waals surface area (Å²) in [5.41, 5.74) is 2.75. The number of benzene rings is 3. The van der Waals surface area contributed by atoms with E-state index in [-0.39, 0.29) is 12.5 Å². The average molecular weight is 422 g/mol. The number of nitrogens with zero attached hydrogens (tertiary/aromatic N) is 1. The summed E-state index contributed by atoms with van der Waals surface area (Å²) in [7, 11) is 1.53. The monoisotopic (exact) mass is 421 g/mol. The molecule has 0 bridgehead atoms. The lowest BCUT2D eigenvalue weighted by atomic mass is 10.1. The third-order valence-electron chi connectivity index (χ3n) is 4.18. The number of amides is 1. The largest absolute Gasteiger partial charge is 0.495 e. The average Bonchev–Trinajstić information content (AvgIpc) is 2.77. The van der Waals surface area contributed by atoms with Crippen molar-refractivity contribution in [2.75, 3.05) is 24.3 Å². The number of carbonyl (C=O) groups excluding carboxylic acids is 1. The lowest BCUT2D eigenvalue weighted by Gasteiger charge is -2.12. The second-order valence-corrected chi connectivity index (χ2v) is 6.81. The van der Waals surface area contributed by atoms with Crippen LogP contribution < -0.4 is 20.1 Å². The summed E-state index contributed by atoms with van der Waals surface area (Å²) in [6, 6.07) is 21.7. The number of nitrogens with one attached hydrogen (secondary N) is 2. The minimum absolute atomic E-state index is 0.0589. The third-order valence-corrected chi connectivity index (χ3v) is 4.42. The Morgan fingerprint density at radius 3 is 2.73 bits per heavy atom. The molecule has 30 heavy (non-hydrogen) atoms. The van der Waals surface area contributed by atoms with Gasteiger partial charge in [-0.15, -0.1) is 0 Å². The van der Waals surface area contributed by atoms with Gasteiger partial charge in [0.25, 0.3) is 0 Å². The second-order valence-electron chi connectivity index (χ2n) is 6.38. The fraction of sp³-hybridized carbons (Fsp3) is 0.130. The van der Waals surface area contributed by atoms with E-state index in [1.54, 1.807) is 36.4 Å². The van der Waals surface area contributed by atoms with Crippen molar-refractivity contribution in [3.63, 3.8) is 0 Å². The van der Waals surface area contributed by atoms with Crippen molar-refractivity contribution in [1.82, 2.24) is 0 Å². The van der Waals surface area contributed by atoms with Crippen LogP contribution in [0.25, 0.3) is 0 Å². The van der Waals surface area contributed by atoms with Crippen LogP contribution in [0.5, 0.6) is 11.5 Å². The molecule has 6 nitrogen and oxygen atoms in total. The summed E-state index contributed by atoms with van der Waals surface area (Å²) in [6.45, 7) is 0.400. The molecule has 1 amide bonds. The number of hydrogen-bond acceptors (Lipinski definition) is 5. The molecule has 0 unspecified atom stereocenters. The van der Waals surface area contributed by atoms with Crippen molar-refractivity contribution >= 4 is 28.9 Å². The lowest BCUT2D eigenvalue weighted by molar-refractivity contribution is -0.114. The van der Waals surface area contributed by atoms with Gasteiger partial charge in [-0.1, -0.05) is 29.8 Å². The Balaban J connectivity index is 1.55. The van der Waals surface area contributed by atoms with Crippen molar-refractivity contribution < 1.29 is 14.3 Å². The van der Waals surface area contributed by atoms with Crippen LogP contribution in [-0.2, 0) is 11.4 Å². The minimum atomic E-state index is -0.241. The third kappa shape index (κ3) is 5.90. The van der Waals surface area contributed by atoms with Crippen LogP contribution in [0.2, 0.25) is 5.02 Å². The van der Waals surface area contributed by atoms with E-state index >= 15 is 0 Å². The van der Waals surface area contributed by atoms with E-state index in [0.717, 1.165) is 11.3 Å². The summed E-state index contributed by atoms with van der Waals surface area (Å²) < 4.78 is 11.0. The molecule has 0 atom stereocenters. The zero-order valence-corrected chi connectivity index (χ0v) is 17.1. The van der Waals surface area contributed by atoms with Crippen LogP contribution in [0.4, 0.5) is 11.4 Å². The van der Waals surface area contributed by atoms with Gasteiger partial charge in [-0.2, -0.15) is 5.26 Å². The molecular weight excluding hydrogens is 402 g/mol. The van der Waals surface area contributed by atoms with E-state index in [1.807, 2.05) is 30.3 Å². The van der Waals surface area contributed by atoms with Gasteiger partial charge in [0, 0.05) is 16.8 Å². The van der Waals surface area contributed by atoms with E-state index in [2.05, 4.69) is 16.7 Å². The summed E-state index contributed by atoms with van der Waals surface area (Å²) >= 11 is 5.99. The lowest BCUT2D eigenvalue weighted by Crippen LogP contribution is -2.22. The number of anilines is 2. The molecule has 0 aromatic heterocycles. The Morgan fingerprint density at radius 2 is 1.93 bits per heavy atom. The van der Waals surface area contributed by atoms with Crippen molar-refractivity contribution in [2.24, 2.45) is 0 Å². The number of hydrogen-bond donors (Lipinski definition) is 2. The number of rotatable bonds is 8. The van der Waals surface area contributed by atoms with Gasteiger partial charge in [0.2, 0.25) is 5.91 Å². The SMILES string of the molecule is COc1ccc(Cl)cc1NC(=O)CNc1cccc(OCc2cccc(C#N)c2)c1. The number of methoxy groups -OCH3 is 1. The van der Waals surface area contributed by atoms with E-state index < -0.39 is 0 Å². The van der Waals surface area contributed by atoms with Gasteiger partial charge in [0.15, 0.2) is 0 Å². The molecule has 7 heteroatoms. The van der Waals surface area contributed by atoms with Gasteiger partial charge in [-0.05, 0) is 48.0 Å². The van der Waals surface area contributed by atoms with E-state index in [0.29, 0.717) is 34.4 Å². The molecule has 0 saturated carbocycles. The first-order valence-electron chi connectivity index (χ1n) is 9.16. The highest BCUT2D eigenvalue weighted by Gasteiger charge is 2.08. The molecule has 3 rings (SSSR count). The van der Waals surface area contributed by atoms with Gasteiger partial charge < -0.3 is 20.1 Å². The zero-order valence-electron chi connectivity index (χ0n) is 16.3. The molecule has 0 radical (unpaired) electrons. The van der Waals surface area contributed by atoms with Crippen LogP contribution in [0.15, 0.2) is 66.7 Å². The molecule has 3 aromatic rings.